The van der Waals surface area contributed by atoms with E-state index in [1.807, 2.05) is 0 Å². The largest absolute Gasteiger partial charge is 0.345 e. The Labute approximate surface area is 166 Å². The zero-order valence-corrected chi connectivity index (χ0v) is 16.9. The lowest BCUT2D eigenvalue weighted by Gasteiger charge is -2.20. The number of aryl methyl sites for hydroxylation is 1. The number of aromatic nitrogens is 3. The van der Waals surface area contributed by atoms with Crippen LogP contribution in [0.25, 0.3) is 0 Å². The van der Waals surface area contributed by atoms with Gasteiger partial charge in [-0.25, -0.2) is 9.37 Å². The summed E-state index contributed by atoms with van der Waals surface area (Å²) < 4.78 is 13.0. The second-order valence-electron chi connectivity index (χ2n) is 6.76. The summed E-state index contributed by atoms with van der Waals surface area (Å²) in [4.78, 5) is 9.38. The van der Waals surface area contributed by atoms with Crippen molar-refractivity contribution in [2.24, 2.45) is 0 Å². The van der Waals surface area contributed by atoms with Gasteiger partial charge in [0.25, 0.3) is 0 Å². The Morgan fingerprint density at radius 2 is 1.93 bits per heavy atom. The van der Waals surface area contributed by atoms with Gasteiger partial charge in [-0.15, -0.1) is 21.5 Å². The molecule has 27 heavy (non-hydrogen) atoms. The fourth-order valence-electron chi connectivity index (χ4n) is 3.25. The first-order valence-corrected chi connectivity index (χ1v) is 10.8. The third-order valence-corrected chi connectivity index (χ3v) is 6.44. The second-order valence-corrected chi connectivity index (χ2v) is 8.86. The van der Waals surface area contributed by atoms with E-state index in [1.54, 1.807) is 34.8 Å². The van der Waals surface area contributed by atoms with Crippen molar-refractivity contribution in [3.63, 3.8) is 0 Å². The maximum atomic E-state index is 13.0. The van der Waals surface area contributed by atoms with Gasteiger partial charge in [-0.2, -0.15) is 0 Å². The molecule has 3 heterocycles. The lowest BCUT2D eigenvalue weighted by atomic mass is 10.2. The highest BCUT2D eigenvalue weighted by atomic mass is 32.1. The molecule has 0 atom stereocenters. The summed E-state index contributed by atoms with van der Waals surface area (Å²) in [5.41, 5.74) is 2.23. The highest BCUT2D eigenvalue weighted by Crippen LogP contribution is 2.24. The first-order valence-electron chi connectivity index (χ1n) is 9.11. The summed E-state index contributed by atoms with van der Waals surface area (Å²) >= 11 is 3.35. The number of nitrogens with zero attached hydrogens (tertiary/aromatic N) is 5. The molecule has 8 heteroatoms. The van der Waals surface area contributed by atoms with Gasteiger partial charge >= 0.3 is 0 Å². The van der Waals surface area contributed by atoms with Crippen molar-refractivity contribution in [2.45, 2.75) is 26.3 Å². The zero-order chi connectivity index (χ0) is 18.6. The number of halogens is 1. The predicted octanol–water partition coefficient (Wildman–Crippen LogP) is 3.75. The number of anilines is 1. The highest BCUT2D eigenvalue weighted by Gasteiger charge is 2.19. The van der Waals surface area contributed by atoms with E-state index in [0.29, 0.717) is 6.42 Å². The second kappa shape index (κ2) is 8.41. The van der Waals surface area contributed by atoms with E-state index in [-0.39, 0.29) is 5.82 Å². The van der Waals surface area contributed by atoms with Crippen molar-refractivity contribution in [3.05, 3.63) is 56.7 Å². The van der Waals surface area contributed by atoms with Crippen LogP contribution in [0.2, 0.25) is 0 Å². The molecule has 4 rings (SSSR count). The smallest absolute Gasteiger partial charge is 0.208 e. The van der Waals surface area contributed by atoms with E-state index in [4.69, 9.17) is 0 Å². The molecule has 0 bridgehead atoms. The number of hydrogen-bond donors (Lipinski definition) is 0. The molecule has 1 fully saturated rings. The van der Waals surface area contributed by atoms with Gasteiger partial charge in [0, 0.05) is 44.5 Å². The number of hydrogen-bond acceptors (Lipinski definition) is 7. The molecular weight excluding hydrogens is 381 g/mol. The summed E-state index contributed by atoms with van der Waals surface area (Å²) in [5, 5.41) is 14.0. The van der Waals surface area contributed by atoms with E-state index in [0.717, 1.165) is 59.9 Å². The Hall–Kier alpha value is -1.90. The molecular formula is C19H22FN5S2. The molecule has 1 aromatic carbocycles. The topological polar surface area (TPSA) is 45.2 Å². The van der Waals surface area contributed by atoms with Crippen LogP contribution in [-0.2, 0) is 13.0 Å². The minimum absolute atomic E-state index is 0.210. The number of benzene rings is 1. The third-order valence-electron chi connectivity index (χ3n) is 4.64. The molecule has 0 spiro atoms. The van der Waals surface area contributed by atoms with Gasteiger partial charge in [-0.3, -0.25) is 4.90 Å². The quantitative estimate of drug-likeness (QED) is 0.649. The van der Waals surface area contributed by atoms with Gasteiger partial charge in [0.15, 0.2) is 0 Å². The average molecular weight is 404 g/mol. The molecule has 0 unspecified atom stereocenters. The van der Waals surface area contributed by atoms with Crippen molar-refractivity contribution >= 4 is 27.8 Å². The standard InChI is InChI=1S/C19H22FN5S2/c1-14-21-17(13-26-14)12-24-7-2-8-25(10-9-24)19-23-22-18(27-19)11-15-3-5-16(20)6-4-15/h3-6,13H,2,7-12H2,1H3. The average Bonchev–Trinajstić information content (AvgIpc) is 3.21. The molecule has 2 aromatic heterocycles. The summed E-state index contributed by atoms with van der Waals surface area (Å²) in [7, 11) is 0. The lowest BCUT2D eigenvalue weighted by molar-refractivity contribution is 0.282. The third kappa shape index (κ3) is 4.88. The van der Waals surface area contributed by atoms with Gasteiger partial charge in [0.1, 0.15) is 10.8 Å². The van der Waals surface area contributed by atoms with Crippen LogP contribution in [0.3, 0.4) is 0 Å². The summed E-state index contributed by atoms with van der Waals surface area (Å²) in [5.74, 6) is -0.210. The Bertz CT molecular complexity index is 876. The van der Waals surface area contributed by atoms with Crippen LogP contribution < -0.4 is 4.90 Å². The SMILES string of the molecule is Cc1nc(CN2CCCN(c3nnc(Cc4ccc(F)cc4)s3)CC2)cs1. The number of thiazole rings is 1. The van der Waals surface area contributed by atoms with Gasteiger partial charge in [0.05, 0.1) is 10.7 Å². The Morgan fingerprint density at radius 1 is 1.07 bits per heavy atom. The molecule has 0 aliphatic carbocycles. The monoisotopic (exact) mass is 403 g/mol. The van der Waals surface area contributed by atoms with Gasteiger partial charge in [0.2, 0.25) is 5.13 Å². The van der Waals surface area contributed by atoms with E-state index in [9.17, 15) is 4.39 Å². The molecule has 0 radical (unpaired) electrons. The van der Waals surface area contributed by atoms with Crippen LogP contribution in [0, 0.1) is 12.7 Å². The van der Waals surface area contributed by atoms with Crippen molar-refractivity contribution in [1.29, 1.82) is 0 Å². The molecule has 3 aromatic rings. The molecule has 1 saturated heterocycles. The van der Waals surface area contributed by atoms with Crippen LogP contribution in [0.4, 0.5) is 9.52 Å². The number of rotatable bonds is 5. The van der Waals surface area contributed by atoms with Crippen LogP contribution in [0.5, 0.6) is 0 Å². The molecule has 1 aliphatic heterocycles. The normalized spacial score (nSPS) is 15.9. The molecule has 0 saturated carbocycles. The maximum absolute atomic E-state index is 13.0. The summed E-state index contributed by atoms with van der Waals surface area (Å²) in [6.45, 7) is 7.01. The van der Waals surface area contributed by atoms with Gasteiger partial charge in [-0.1, -0.05) is 23.5 Å². The Balaban J connectivity index is 1.35. The van der Waals surface area contributed by atoms with Crippen LogP contribution in [0.15, 0.2) is 29.6 Å². The lowest BCUT2D eigenvalue weighted by Crippen LogP contribution is -2.30. The van der Waals surface area contributed by atoms with Crippen molar-refractivity contribution in [3.8, 4) is 0 Å². The molecule has 5 nitrogen and oxygen atoms in total. The highest BCUT2D eigenvalue weighted by molar-refractivity contribution is 7.15. The maximum Gasteiger partial charge on any atom is 0.208 e. The molecule has 0 N–H and O–H groups in total. The predicted molar refractivity (Wildman–Crippen MR) is 108 cm³/mol. The van der Waals surface area contributed by atoms with Crippen LogP contribution in [0.1, 0.15) is 27.7 Å². The molecule has 1 aliphatic rings. The van der Waals surface area contributed by atoms with E-state index < -0.39 is 0 Å². The van der Waals surface area contributed by atoms with Crippen LogP contribution in [-0.4, -0.2) is 46.3 Å². The Morgan fingerprint density at radius 3 is 2.70 bits per heavy atom. The van der Waals surface area contributed by atoms with Gasteiger partial charge < -0.3 is 4.90 Å². The molecule has 0 amide bonds. The fourth-order valence-corrected chi connectivity index (χ4v) is 4.78. The first kappa shape index (κ1) is 18.5. The minimum atomic E-state index is -0.210. The zero-order valence-electron chi connectivity index (χ0n) is 15.3. The van der Waals surface area contributed by atoms with Gasteiger partial charge in [-0.05, 0) is 31.0 Å². The fraction of sp³-hybridized carbons (Fsp3) is 0.421. The first-order chi connectivity index (χ1) is 13.2. The molecule has 142 valence electrons. The Kier molecular flexibility index (Phi) is 5.75. The minimum Gasteiger partial charge on any atom is -0.345 e. The van der Waals surface area contributed by atoms with Crippen molar-refractivity contribution < 1.29 is 4.39 Å². The van der Waals surface area contributed by atoms with E-state index >= 15 is 0 Å². The van der Waals surface area contributed by atoms with Crippen molar-refractivity contribution in [2.75, 3.05) is 31.1 Å². The van der Waals surface area contributed by atoms with Crippen LogP contribution >= 0.6 is 22.7 Å². The van der Waals surface area contributed by atoms with Crippen molar-refractivity contribution in [1.82, 2.24) is 20.1 Å². The summed E-state index contributed by atoms with van der Waals surface area (Å²) in [6.07, 6.45) is 1.80. The summed E-state index contributed by atoms with van der Waals surface area (Å²) in [6, 6.07) is 6.59. The van der Waals surface area contributed by atoms with E-state index in [2.05, 4.69) is 37.3 Å². The van der Waals surface area contributed by atoms with E-state index in [1.165, 1.54) is 17.8 Å².